The lowest BCUT2D eigenvalue weighted by Crippen LogP contribution is -2.07. The molecule has 7 heteroatoms. The Balaban J connectivity index is 1.24. The Bertz CT molecular complexity index is 4920. The van der Waals surface area contributed by atoms with E-state index in [1.807, 2.05) is 12.1 Å². The normalized spacial score (nSPS) is 11.3. The molecule has 0 aliphatic rings. The van der Waals surface area contributed by atoms with Gasteiger partial charge in [-0.1, -0.05) is 297 Å². The molecule has 0 spiro atoms. The maximum atomic E-state index is 5.52. The van der Waals surface area contributed by atoms with Gasteiger partial charge in [-0.15, -0.1) is 31.7 Å². The Labute approximate surface area is 496 Å². The molecule has 0 aliphatic carbocycles. The first kappa shape index (κ1) is 50.8. The van der Waals surface area contributed by atoms with E-state index in [1.165, 1.54) is 0 Å². The van der Waals surface area contributed by atoms with Crippen LogP contribution >= 0.6 is 11.3 Å². The van der Waals surface area contributed by atoms with Gasteiger partial charge < -0.3 is 0 Å². The second-order valence-corrected chi connectivity index (χ2v) is 22.0. The topological polar surface area (TPSA) is 77.3 Å². The lowest BCUT2D eigenvalue weighted by atomic mass is 9.77. The van der Waals surface area contributed by atoms with Crippen LogP contribution in [0.15, 0.2) is 303 Å². The standard InChI is InChI=1S/C78H50N6S/c1-7-29-51(30-8-1)57-41-19-23-45-61(57)67-68(62-46-24-20-42-58(62)52-31-9-2-10-32-52)72(76-70(74(79-83-81-76)55-37-15-5-16-38-55)63-47-25-21-43-59(63)53-33-11-3-12-34-53)73(78-69(67)65-49-27-28-50-66(65)85-78)77-71(75(80-84-82-77)56-39-17-6-18-40-56)64-48-26-22-44-60(64)54-35-13-4-14-36-54/h1-50H. The smallest absolute Gasteiger partial charge is 0.107 e. The number of fused-ring (bicyclic) bond motifs is 3. The highest BCUT2D eigenvalue weighted by Crippen LogP contribution is 2.60. The third kappa shape index (κ3) is 9.16. The lowest BCUT2D eigenvalue weighted by Gasteiger charge is -2.27. The molecular weight excluding hydrogens is 1050 g/mol. The van der Waals surface area contributed by atoms with Gasteiger partial charge in [-0.2, -0.15) is 0 Å². The summed E-state index contributed by atoms with van der Waals surface area (Å²) >= 11 is 1.76. The second kappa shape index (κ2) is 22.3. The van der Waals surface area contributed by atoms with Gasteiger partial charge >= 0.3 is 0 Å². The van der Waals surface area contributed by atoms with Crippen LogP contribution in [0.2, 0.25) is 0 Å². The predicted molar refractivity (Wildman–Crippen MR) is 351 cm³/mol. The minimum Gasteiger partial charge on any atom is -0.134 e. The van der Waals surface area contributed by atoms with E-state index in [0.29, 0.717) is 22.8 Å². The van der Waals surface area contributed by atoms with Crippen molar-refractivity contribution in [2.24, 2.45) is 0 Å². The van der Waals surface area contributed by atoms with E-state index in [-0.39, 0.29) is 0 Å². The van der Waals surface area contributed by atoms with E-state index in [2.05, 4.69) is 291 Å². The molecule has 0 radical (unpaired) electrons. The molecule has 3 heterocycles. The van der Waals surface area contributed by atoms with E-state index in [0.717, 1.165) is 131 Å². The monoisotopic (exact) mass is 1100 g/mol. The van der Waals surface area contributed by atoms with E-state index in [4.69, 9.17) is 30.8 Å². The number of hydrogen-bond acceptors (Lipinski definition) is 7. The second-order valence-electron chi connectivity index (χ2n) is 20.9. The van der Waals surface area contributed by atoms with Gasteiger partial charge in [0.1, 0.15) is 22.8 Å². The molecule has 0 aliphatic heterocycles. The first-order valence-corrected chi connectivity index (χ1v) is 29.3. The summed E-state index contributed by atoms with van der Waals surface area (Å²) in [5, 5.41) is 33.2. The van der Waals surface area contributed by atoms with Gasteiger partial charge in [0.2, 0.25) is 0 Å². The van der Waals surface area contributed by atoms with Crippen molar-refractivity contribution >= 4 is 31.5 Å². The zero-order valence-corrected chi connectivity index (χ0v) is 46.8. The van der Waals surface area contributed by atoms with Gasteiger partial charge in [-0.25, -0.2) is 0 Å². The summed E-state index contributed by atoms with van der Waals surface area (Å²) in [5.74, 6) is 0. The van der Waals surface area contributed by atoms with E-state index >= 15 is 0 Å². The van der Waals surface area contributed by atoms with Crippen LogP contribution in [-0.4, -0.2) is 30.8 Å². The fourth-order valence-electron chi connectivity index (χ4n) is 12.3. The molecule has 0 bridgehead atoms. The largest absolute Gasteiger partial charge is 0.134 e. The Hall–Kier alpha value is -11.1. The zero-order valence-electron chi connectivity index (χ0n) is 46.0. The third-order valence-electron chi connectivity index (χ3n) is 16.0. The van der Waals surface area contributed by atoms with Crippen LogP contribution in [0.25, 0.3) is 154 Å². The van der Waals surface area contributed by atoms with Gasteiger partial charge in [-0.05, 0) is 83.3 Å². The van der Waals surface area contributed by atoms with Gasteiger partial charge in [0.05, 0.1) is 0 Å². The minimum atomic E-state index is 0.630. The molecule has 0 amide bonds. The van der Waals surface area contributed by atoms with Crippen LogP contribution in [0, 0.1) is 0 Å². The highest BCUT2D eigenvalue weighted by molar-refractivity contribution is 7.26. The van der Waals surface area contributed by atoms with E-state index in [1.54, 1.807) is 11.3 Å². The van der Waals surface area contributed by atoms with Crippen LogP contribution in [0.4, 0.5) is 0 Å². The summed E-state index contributed by atoms with van der Waals surface area (Å²) < 4.78 is 2.13. The van der Waals surface area contributed by atoms with Gasteiger partial charge in [0, 0.05) is 64.7 Å². The summed E-state index contributed by atoms with van der Waals surface area (Å²) in [6.45, 7) is 0. The van der Waals surface area contributed by atoms with Crippen LogP contribution in [0.1, 0.15) is 0 Å². The van der Waals surface area contributed by atoms with Crippen molar-refractivity contribution < 1.29 is 0 Å². The predicted octanol–water partition coefficient (Wildman–Crippen LogP) is 20.4. The first-order chi connectivity index (χ1) is 42.3. The molecule has 12 aromatic carbocycles. The number of rotatable bonds is 12. The minimum absolute atomic E-state index is 0.630. The molecule has 3 aromatic heterocycles. The van der Waals surface area contributed by atoms with Gasteiger partial charge in [-0.3, -0.25) is 0 Å². The molecule has 0 N–H and O–H groups in total. The number of thiophene rings is 1. The van der Waals surface area contributed by atoms with Crippen LogP contribution in [0.3, 0.4) is 0 Å². The maximum Gasteiger partial charge on any atom is 0.107 e. The molecule has 398 valence electrons. The van der Waals surface area contributed by atoms with Crippen molar-refractivity contribution in [3.05, 3.63) is 303 Å². The molecule has 0 saturated heterocycles. The van der Waals surface area contributed by atoms with Crippen molar-refractivity contribution in [1.82, 2.24) is 30.8 Å². The molecular formula is C78H50N6S. The lowest BCUT2D eigenvalue weighted by molar-refractivity contribution is 0.875. The first-order valence-electron chi connectivity index (χ1n) is 28.5. The van der Waals surface area contributed by atoms with Crippen molar-refractivity contribution in [2.45, 2.75) is 0 Å². The molecule has 15 rings (SSSR count). The van der Waals surface area contributed by atoms with E-state index < -0.39 is 0 Å². The molecule has 6 nitrogen and oxygen atoms in total. The summed E-state index contributed by atoms with van der Waals surface area (Å²) in [6.07, 6.45) is 0. The number of aromatic nitrogens is 6. The Morgan fingerprint density at radius 3 is 0.871 bits per heavy atom. The van der Waals surface area contributed by atoms with E-state index in [9.17, 15) is 0 Å². The zero-order chi connectivity index (χ0) is 56.5. The number of hydrogen-bond donors (Lipinski definition) is 0. The summed E-state index contributed by atoms with van der Waals surface area (Å²) in [6, 6.07) is 107. The van der Waals surface area contributed by atoms with Crippen molar-refractivity contribution in [1.29, 1.82) is 0 Å². The van der Waals surface area contributed by atoms with Crippen molar-refractivity contribution in [3.63, 3.8) is 0 Å². The average molecular weight is 1100 g/mol. The Morgan fingerprint density at radius 2 is 0.482 bits per heavy atom. The fraction of sp³-hybridized carbons (Fsp3) is 0. The Kier molecular flexibility index (Phi) is 13.3. The average Bonchev–Trinajstić information content (AvgIpc) is 1.75. The van der Waals surface area contributed by atoms with Crippen LogP contribution in [0.5, 0.6) is 0 Å². The number of nitrogens with zero attached hydrogens (tertiary/aromatic N) is 6. The van der Waals surface area contributed by atoms with Crippen LogP contribution in [-0.2, 0) is 0 Å². The van der Waals surface area contributed by atoms with Gasteiger partial charge in [0.15, 0.2) is 0 Å². The van der Waals surface area contributed by atoms with Crippen molar-refractivity contribution in [3.8, 4) is 134 Å². The molecule has 0 unspecified atom stereocenters. The molecule has 0 atom stereocenters. The molecule has 85 heavy (non-hydrogen) atoms. The SMILES string of the molecule is c1ccc(-c2ccccc2-c2c(-c3ccccc3)nnnc2-c2c(-c3ccccc3-c3ccccc3)c(-c3ccccc3-c3ccccc3)c3c(sc4ccccc43)c2-c2nnnc(-c3ccccc3)c2-c2ccccc2-c2ccccc2)cc1. The molecule has 0 saturated carbocycles. The number of benzene rings is 12. The van der Waals surface area contributed by atoms with Crippen molar-refractivity contribution in [2.75, 3.05) is 0 Å². The third-order valence-corrected chi connectivity index (χ3v) is 17.2. The summed E-state index contributed by atoms with van der Waals surface area (Å²) in [5.41, 5.74) is 22.2. The summed E-state index contributed by atoms with van der Waals surface area (Å²) in [4.78, 5) is 0. The quantitative estimate of drug-likeness (QED) is 0.121. The fourth-order valence-corrected chi connectivity index (χ4v) is 13.6. The Morgan fingerprint density at radius 1 is 0.200 bits per heavy atom. The van der Waals surface area contributed by atoms with Crippen LogP contribution < -0.4 is 0 Å². The molecule has 0 fully saturated rings. The van der Waals surface area contributed by atoms with Gasteiger partial charge in [0.25, 0.3) is 0 Å². The highest BCUT2D eigenvalue weighted by atomic mass is 32.1. The summed E-state index contributed by atoms with van der Waals surface area (Å²) in [7, 11) is 0. The highest BCUT2D eigenvalue weighted by Gasteiger charge is 2.35. The molecule has 15 aromatic rings. The maximum absolute atomic E-state index is 5.52.